The first-order chi connectivity index (χ1) is 13.0. The Kier molecular flexibility index (Phi) is 5.91. The smallest absolute Gasteiger partial charge is 0.310 e. The van der Waals surface area contributed by atoms with E-state index in [2.05, 4.69) is 26.6 Å². The highest BCUT2D eigenvalue weighted by molar-refractivity contribution is 9.10. The highest BCUT2D eigenvalue weighted by Crippen LogP contribution is 2.37. The molecule has 27 heavy (non-hydrogen) atoms. The molecule has 1 unspecified atom stereocenters. The summed E-state index contributed by atoms with van der Waals surface area (Å²) in [7, 11) is 0. The largest absolute Gasteiger partial charge is 0.348 e. The van der Waals surface area contributed by atoms with E-state index in [9.17, 15) is 14.4 Å². The van der Waals surface area contributed by atoms with Gasteiger partial charge in [0.25, 0.3) is 5.91 Å². The summed E-state index contributed by atoms with van der Waals surface area (Å²) in [4.78, 5) is 38.6. The molecule has 1 aliphatic rings. The third kappa shape index (κ3) is 4.19. The average Bonchev–Trinajstić information content (AvgIpc) is 2.93. The van der Waals surface area contributed by atoms with Gasteiger partial charge in [-0.2, -0.15) is 0 Å². The lowest BCUT2D eigenvalue weighted by Crippen LogP contribution is -2.44. The van der Waals surface area contributed by atoms with E-state index in [1.54, 1.807) is 11.0 Å². The summed E-state index contributed by atoms with van der Waals surface area (Å²) in [6, 6.07) is 14.3. The van der Waals surface area contributed by atoms with Crippen LogP contribution >= 0.6 is 15.9 Å². The maximum Gasteiger partial charge on any atom is 0.310 e. The van der Waals surface area contributed by atoms with Gasteiger partial charge in [-0.3, -0.25) is 14.4 Å². The van der Waals surface area contributed by atoms with E-state index in [0.717, 1.165) is 15.7 Å². The second-order valence-corrected chi connectivity index (χ2v) is 7.10. The van der Waals surface area contributed by atoms with E-state index in [-0.39, 0.29) is 5.91 Å². The van der Waals surface area contributed by atoms with Crippen LogP contribution in [0.5, 0.6) is 0 Å². The Morgan fingerprint density at radius 3 is 2.56 bits per heavy atom. The fraction of sp³-hybridized carbons (Fsp3) is 0.250. The quantitative estimate of drug-likeness (QED) is 0.715. The molecule has 0 aromatic heterocycles. The van der Waals surface area contributed by atoms with Crippen LogP contribution in [-0.2, 0) is 20.8 Å². The van der Waals surface area contributed by atoms with Gasteiger partial charge in [-0.05, 0) is 37.1 Å². The van der Waals surface area contributed by atoms with E-state index < -0.39 is 17.9 Å². The molecular formula is C20H20BrN3O3. The van der Waals surface area contributed by atoms with Gasteiger partial charge >= 0.3 is 11.8 Å². The van der Waals surface area contributed by atoms with Crippen LogP contribution < -0.4 is 15.5 Å². The van der Waals surface area contributed by atoms with Crippen LogP contribution in [0.1, 0.15) is 24.1 Å². The molecule has 1 atom stereocenters. The maximum atomic E-state index is 12.6. The zero-order valence-electron chi connectivity index (χ0n) is 14.9. The Balaban J connectivity index is 1.62. The highest BCUT2D eigenvalue weighted by atomic mass is 79.9. The monoisotopic (exact) mass is 429 g/mol. The van der Waals surface area contributed by atoms with Gasteiger partial charge in [0.05, 0.1) is 0 Å². The van der Waals surface area contributed by atoms with Gasteiger partial charge in [0.15, 0.2) is 0 Å². The Labute approximate surface area is 166 Å². The molecule has 0 radical (unpaired) electrons. The number of benzene rings is 2. The minimum absolute atomic E-state index is 0.240. The molecule has 0 bridgehead atoms. The topological polar surface area (TPSA) is 78.5 Å². The minimum Gasteiger partial charge on any atom is -0.348 e. The number of nitrogens with zero attached hydrogens (tertiary/aromatic N) is 1. The maximum absolute atomic E-state index is 12.6. The molecule has 140 valence electrons. The van der Waals surface area contributed by atoms with Crippen LogP contribution in [-0.4, -0.2) is 30.8 Å². The molecule has 0 aliphatic carbocycles. The third-order valence-electron chi connectivity index (χ3n) is 4.44. The number of amides is 3. The molecular weight excluding hydrogens is 410 g/mol. The lowest BCUT2D eigenvalue weighted by atomic mass is 10.1. The molecule has 6 nitrogen and oxygen atoms in total. The molecule has 0 saturated heterocycles. The predicted octanol–water partition coefficient (Wildman–Crippen LogP) is 2.33. The molecule has 3 rings (SSSR count). The number of carbonyl (C=O) groups excluding carboxylic acids is 3. The summed E-state index contributed by atoms with van der Waals surface area (Å²) >= 11 is 3.38. The molecule has 7 heteroatoms. The van der Waals surface area contributed by atoms with Crippen LogP contribution in [0, 0.1) is 0 Å². The first-order valence-electron chi connectivity index (χ1n) is 8.74. The molecule has 3 amide bonds. The molecule has 1 aliphatic heterocycles. The van der Waals surface area contributed by atoms with Crippen molar-refractivity contribution < 1.29 is 14.4 Å². The number of rotatable bonds is 5. The second-order valence-electron chi connectivity index (χ2n) is 6.18. The Morgan fingerprint density at radius 1 is 1.11 bits per heavy atom. The van der Waals surface area contributed by atoms with Crippen molar-refractivity contribution in [1.29, 1.82) is 0 Å². The minimum atomic E-state index is -0.857. The van der Waals surface area contributed by atoms with Gasteiger partial charge in [0, 0.05) is 28.8 Å². The van der Waals surface area contributed by atoms with Gasteiger partial charge < -0.3 is 15.5 Å². The Bertz CT molecular complexity index is 870. The number of halogens is 1. The number of likely N-dealkylation sites (N-methyl/N-ethyl adjacent to an activating group) is 1. The van der Waals surface area contributed by atoms with Gasteiger partial charge in [0.1, 0.15) is 6.04 Å². The Morgan fingerprint density at radius 2 is 1.85 bits per heavy atom. The summed E-state index contributed by atoms with van der Waals surface area (Å²) in [5.41, 5.74) is 2.50. The summed E-state index contributed by atoms with van der Waals surface area (Å²) in [5.74, 6) is -1.80. The predicted molar refractivity (Wildman–Crippen MR) is 106 cm³/mol. The summed E-state index contributed by atoms with van der Waals surface area (Å²) in [6.45, 7) is 2.70. The first kappa shape index (κ1) is 19.1. The molecule has 2 N–H and O–H groups in total. The molecule has 0 saturated carbocycles. The fourth-order valence-electron chi connectivity index (χ4n) is 3.12. The lowest BCUT2D eigenvalue weighted by Gasteiger charge is -2.15. The molecule has 2 aromatic carbocycles. The van der Waals surface area contributed by atoms with E-state index in [4.69, 9.17) is 0 Å². The lowest BCUT2D eigenvalue weighted by molar-refractivity contribution is -0.140. The third-order valence-corrected chi connectivity index (χ3v) is 4.94. The van der Waals surface area contributed by atoms with Gasteiger partial charge in [-0.15, -0.1) is 0 Å². The van der Waals surface area contributed by atoms with Crippen molar-refractivity contribution >= 4 is 39.3 Å². The van der Waals surface area contributed by atoms with Crippen LogP contribution in [0.25, 0.3) is 0 Å². The summed E-state index contributed by atoms with van der Waals surface area (Å²) in [6.07, 6.45) is 0.627. The van der Waals surface area contributed by atoms with Crippen LogP contribution in [0.4, 0.5) is 5.69 Å². The van der Waals surface area contributed by atoms with Crippen molar-refractivity contribution in [2.45, 2.75) is 19.4 Å². The number of nitrogens with one attached hydrogen (secondary N) is 2. The zero-order valence-corrected chi connectivity index (χ0v) is 16.5. The number of anilines is 1. The second kappa shape index (κ2) is 8.35. The van der Waals surface area contributed by atoms with Crippen molar-refractivity contribution in [3.63, 3.8) is 0 Å². The average molecular weight is 430 g/mol. The summed E-state index contributed by atoms with van der Waals surface area (Å²) in [5, 5.41) is 5.16. The van der Waals surface area contributed by atoms with Gasteiger partial charge in [-0.1, -0.05) is 46.3 Å². The van der Waals surface area contributed by atoms with E-state index in [1.165, 1.54) is 0 Å². The van der Waals surface area contributed by atoms with Crippen molar-refractivity contribution in [3.05, 3.63) is 64.1 Å². The summed E-state index contributed by atoms with van der Waals surface area (Å²) < 4.78 is 0.804. The number of carbonyl (C=O) groups is 3. The van der Waals surface area contributed by atoms with Crippen molar-refractivity contribution in [2.24, 2.45) is 0 Å². The molecule has 2 aromatic rings. The van der Waals surface area contributed by atoms with E-state index in [1.807, 2.05) is 49.4 Å². The van der Waals surface area contributed by atoms with Crippen molar-refractivity contribution in [2.75, 3.05) is 18.0 Å². The van der Waals surface area contributed by atoms with Crippen LogP contribution in [0.15, 0.2) is 53.0 Å². The normalized spacial score (nSPS) is 15.4. The number of hydrogen-bond acceptors (Lipinski definition) is 3. The highest BCUT2D eigenvalue weighted by Gasteiger charge is 2.38. The fourth-order valence-corrected chi connectivity index (χ4v) is 3.50. The SMILES string of the molecule is CCN1C(=O)C(NC(=O)C(=O)NCCc2ccccc2)c2cc(Br)ccc21. The van der Waals surface area contributed by atoms with Gasteiger partial charge in [0.2, 0.25) is 0 Å². The molecule has 0 spiro atoms. The Hall–Kier alpha value is -2.67. The van der Waals surface area contributed by atoms with Gasteiger partial charge in [-0.25, -0.2) is 0 Å². The molecule has 1 heterocycles. The number of fused-ring (bicyclic) bond motifs is 1. The van der Waals surface area contributed by atoms with Crippen molar-refractivity contribution in [1.82, 2.24) is 10.6 Å². The first-order valence-corrected chi connectivity index (χ1v) is 9.54. The molecule has 0 fully saturated rings. The van der Waals surface area contributed by atoms with E-state index in [0.29, 0.717) is 25.1 Å². The van der Waals surface area contributed by atoms with E-state index >= 15 is 0 Å². The van der Waals surface area contributed by atoms with Crippen molar-refractivity contribution in [3.8, 4) is 0 Å². The zero-order chi connectivity index (χ0) is 19.4. The van der Waals surface area contributed by atoms with Crippen LogP contribution in [0.2, 0.25) is 0 Å². The standard InChI is InChI=1S/C20H20BrN3O3/c1-2-24-16-9-8-14(21)12-15(16)17(20(24)27)23-19(26)18(25)22-11-10-13-6-4-3-5-7-13/h3-9,12,17H,2,10-11H2,1H3,(H,22,25)(H,23,26). The van der Waals surface area contributed by atoms with Crippen LogP contribution in [0.3, 0.4) is 0 Å². The number of hydrogen-bond donors (Lipinski definition) is 2.